The summed E-state index contributed by atoms with van der Waals surface area (Å²) in [6.45, 7) is 3.96. The van der Waals surface area contributed by atoms with Crippen molar-refractivity contribution in [2.45, 2.75) is 26.2 Å². The third-order valence-corrected chi connectivity index (χ3v) is 5.02. The van der Waals surface area contributed by atoms with Crippen molar-refractivity contribution in [1.82, 2.24) is 4.98 Å². The lowest BCUT2D eigenvalue weighted by molar-refractivity contribution is 0.105. The van der Waals surface area contributed by atoms with Gasteiger partial charge in [-0.15, -0.1) is 0 Å². The molecule has 1 aromatic heterocycles. The monoisotopic (exact) mass is 321 g/mol. The van der Waals surface area contributed by atoms with Crippen LogP contribution >= 0.6 is 0 Å². The first-order valence-electron chi connectivity index (χ1n) is 8.42. The molecule has 1 atom stereocenters. The Labute approximate surface area is 143 Å². The third-order valence-electron chi connectivity index (χ3n) is 5.02. The first kappa shape index (κ1) is 16.5. The summed E-state index contributed by atoms with van der Waals surface area (Å²) in [6.07, 6.45) is 4.58. The minimum atomic E-state index is -0.158. The fourth-order valence-corrected chi connectivity index (χ4v) is 3.61. The number of nitrogens with zero attached hydrogens (tertiary/aromatic N) is 3. The van der Waals surface area contributed by atoms with Gasteiger partial charge in [0.1, 0.15) is 5.82 Å². The number of hydrogen-bond donors (Lipinski definition) is 1. The fourth-order valence-electron chi connectivity index (χ4n) is 3.61. The number of aliphatic hydroxyl groups excluding tert-OH is 1. The van der Waals surface area contributed by atoms with Gasteiger partial charge in [0.05, 0.1) is 18.2 Å². The van der Waals surface area contributed by atoms with Crippen LogP contribution in [0.15, 0.2) is 42.6 Å². The maximum atomic E-state index is 10.2. The van der Waals surface area contributed by atoms with Gasteiger partial charge in [0, 0.05) is 24.7 Å². The molecular weight excluding hydrogens is 298 g/mol. The molecule has 1 aromatic carbocycles. The quantitative estimate of drug-likeness (QED) is 0.940. The van der Waals surface area contributed by atoms with Gasteiger partial charge in [-0.1, -0.05) is 24.3 Å². The van der Waals surface area contributed by atoms with Crippen molar-refractivity contribution in [1.29, 1.82) is 5.26 Å². The highest BCUT2D eigenvalue weighted by Crippen LogP contribution is 2.35. The SMILES string of the molecule is Cc1ccccc1CC1(CO)CCCN(c2cc(C#N)ccn2)C1. The second-order valence-corrected chi connectivity index (χ2v) is 6.80. The molecule has 0 aliphatic carbocycles. The first-order chi connectivity index (χ1) is 11.7. The molecule has 2 aromatic rings. The van der Waals surface area contributed by atoms with Crippen LogP contribution < -0.4 is 4.90 Å². The van der Waals surface area contributed by atoms with Crippen molar-refractivity contribution in [3.63, 3.8) is 0 Å². The van der Waals surface area contributed by atoms with Crippen LogP contribution in [0.25, 0.3) is 0 Å². The van der Waals surface area contributed by atoms with Crippen LogP contribution in [0.4, 0.5) is 5.82 Å². The Morgan fingerprint density at radius 1 is 1.33 bits per heavy atom. The number of aryl methyl sites for hydroxylation is 1. The summed E-state index contributed by atoms with van der Waals surface area (Å²) in [5.41, 5.74) is 3.03. The van der Waals surface area contributed by atoms with E-state index >= 15 is 0 Å². The Kier molecular flexibility index (Phi) is 4.82. The van der Waals surface area contributed by atoms with Gasteiger partial charge in [-0.3, -0.25) is 0 Å². The molecule has 0 amide bonds. The van der Waals surface area contributed by atoms with E-state index in [0.717, 1.165) is 38.2 Å². The molecular formula is C20H23N3O. The average Bonchev–Trinajstić information content (AvgIpc) is 2.64. The normalized spacial score (nSPS) is 20.6. The smallest absolute Gasteiger partial charge is 0.129 e. The lowest BCUT2D eigenvalue weighted by atomic mass is 9.75. The summed E-state index contributed by atoms with van der Waals surface area (Å²) >= 11 is 0. The van der Waals surface area contributed by atoms with E-state index in [4.69, 9.17) is 5.26 Å². The molecule has 1 unspecified atom stereocenters. The number of pyridine rings is 1. The van der Waals surface area contributed by atoms with Crippen molar-refractivity contribution < 1.29 is 5.11 Å². The largest absolute Gasteiger partial charge is 0.396 e. The first-order valence-corrected chi connectivity index (χ1v) is 8.42. The van der Waals surface area contributed by atoms with Crippen LogP contribution in [0, 0.1) is 23.7 Å². The number of anilines is 1. The Morgan fingerprint density at radius 3 is 2.92 bits per heavy atom. The lowest BCUT2D eigenvalue weighted by Crippen LogP contribution is -2.47. The molecule has 4 nitrogen and oxygen atoms in total. The fraction of sp³-hybridized carbons (Fsp3) is 0.400. The minimum Gasteiger partial charge on any atom is -0.396 e. The second-order valence-electron chi connectivity index (χ2n) is 6.80. The highest BCUT2D eigenvalue weighted by atomic mass is 16.3. The van der Waals surface area contributed by atoms with E-state index < -0.39 is 0 Å². The maximum absolute atomic E-state index is 10.2. The van der Waals surface area contributed by atoms with Crippen LogP contribution in [0.5, 0.6) is 0 Å². The molecule has 124 valence electrons. The molecule has 1 aliphatic rings. The average molecular weight is 321 g/mol. The molecule has 1 N–H and O–H groups in total. The molecule has 1 saturated heterocycles. The summed E-state index contributed by atoms with van der Waals surface area (Å²) in [4.78, 5) is 6.64. The van der Waals surface area contributed by atoms with Crippen molar-refractivity contribution in [2.75, 3.05) is 24.6 Å². The molecule has 4 heteroatoms. The van der Waals surface area contributed by atoms with E-state index in [1.54, 1.807) is 12.3 Å². The Morgan fingerprint density at radius 2 is 2.17 bits per heavy atom. The predicted octanol–water partition coefficient (Wildman–Crippen LogP) is 3.08. The van der Waals surface area contributed by atoms with Gasteiger partial charge in [0.2, 0.25) is 0 Å². The number of hydrogen-bond acceptors (Lipinski definition) is 4. The molecule has 0 bridgehead atoms. The van der Waals surface area contributed by atoms with Gasteiger partial charge >= 0.3 is 0 Å². The molecule has 2 heterocycles. The highest BCUT2D eigenvalue weighted by Gasteiger charge is 2.36. The number of aliphatic hydroxyl groups is 1. The van der Waals surface area contributed by atoms with E-state index in [9.17, 15) is 5.11 Å². The topological polar surface area (TPSA) is 60.1 Å². The summed E-state index contributed by atoms with van der Waals surface area (Å²) in [5.74, 6) is 0.830. The minimum absolute atomic E-state index is 0.158. The van der Waals surface area contributed by atoms with E-state index in [0.29, 0.717) is 5.56 Å². The van der Waals surface area contributed by atoms with Gasteiger partial charge in [0.15, 0.2) is 0 Å². The van der Waals surface area contributed by atoms with Crippen LogP contribution in [-0.4, -0.2) is 29.8 Å². The van der Waals surface area contributed by atoms with E-state index in [1.807, 2.05) is 6.07 Å². The highest BCUT2D eigenvalue weighted by molar-refractivity contribution is 5.45. The van der Waals surface area contributed by atoms with Crippen molar-refractivity contribution in [2.24, 2.45) is 5.41 Å². The summed E-state index contributed by atoms with van der Waals surface area (Å²) in [6, 6.07) is 14.1. The van der Waals surface area contributed by atoms with Crippen LogP contribution in [0.1, 0.15) is 29.5 Å². The molecule has 0 spiro atoms. The van der Waals surface area contributed by atoms with Gasteiger partial charge < -0.3 is 10.0 Å². The number of rotatable bonds is 4. The molecule has 3 rings (SSSR count). The Bertz CT molecular complexity index is 753. The summed E-state index contributed by atoms with van der Waals surface area (Å²) in [5, 5.41) is 19.3. The summed E-state index contributed by atoms with van der Waals surface area (Å²) in [7, 11) is 0. The van der Waals surface area contributed by atoms with E-state index in [1.165, 1.54) is 11.1 Å². The van der Waals surface area contributed by atoms with Crippen LogP contribution in [-0.2, 0) is 6.42 Å². The van der Waals surface area contributed by atoms with Gasteiger partial charge in [-0.05, 0) is 49.4 Å². The van der Waals surface area contributed by atoms with E-state index in [-0.39, 0.29) is 12.0 Å². The number of aromatic nitrogens is 1. The molecule has 0 radical (unpaired) electrons. The lowest BCUT2D eigenvalue weighted by Gasteiger charge is -2.42. The summed E-state index contributed by atoms with van der Waals surface area (Å²) < 4.78 is 0. The Hall–Kier alpha value is -2.38. The van der Waals surface area contributed by atoms with Crippen molar-refractivity contribution in [3.8, 4) is 6.07 Å². The maximum Gasteiger partial charge on any atom is 0.129 e. The number of nitriles is 1. The number of benzene rings is 1. The second kappa shape index (κ2) is 7.02. The van der Waals surface area contributed by atoms with Gasteiger partial charge in [0.25, 0.3) is 0 Å². The van der Waals surface area contributed by atoms with Crippen molar-refractivity contribution in [3.05, 3.63) is 59.3 Å². The molecule has 24 heavy (non-hydrogen) atoms. The zero-order valence-corrected chi connectivity index (χ0v) is 14.1. The van der Waals surface area contributed by atoms with Crippen LogP contribution in [0.3, 0.4) is 0 Å². The molecule has 1 fully saturated rings. The molecule has 1 aliphatic heterocycles. The third kappa shape index (κ3) is 3.42. The van der Waals surface area contributed by atoms with Gasteiger partial charge in [-0.25, -0.2) is 4.98 Å². The zero-order chi connectivity index (χ0) is 17.0. The van der Waals surface area contributed by atoms with Crippen LogP contribution in [0.2, 0.25) is 0 Å². The zero-order valence-electron chi connectivity index (χ0n) is 14.1. The Balaban J connectivity index is 1.84. The number of piperidine rings is 1. The van der Waals surface area contributed by atoms with Crippen molar-refractivity contribution >= 4 is 5.82 Å². The van der Waals surface area contributed by atoms with Gasteiger partial charge in [-0.2, -0.15) is 5.26 Å². The predicted molar refractivity (Wildman–Crippen MR) is 94.8 cm³/mol. The van der Waals surface area contributed by atoms with E-state index in [2.05, 4.69) is 47.1 Å². The standard InChI is InChI=1S/C20H23N3O/c1-16-5-2-3-6-18(16)12-20(15-24)8-4-10-23(14-20)19-11-17(13-21)7-9-22-19/h2-3,5-7,9,11,24H,4,8,10,12,14-15H2,1H3. The molecule has 0 saturated carbocycles.